The number of hydrogen-bond donors (Lipinski definition) is 1. The van der Waals surface area contributed by atoms with E-state index in [2.05, 4.69) is 4.98 Å². The molecule has 0 atom stereocenters. The fraction of sp³-hybridized carbons (Fsp3) is 0. The summed E-state index contributed by atoms with van der Waals surface area (Å²) in [5, 5.41) is 8.44. The predicted molar refractivity (Wildman–Crippen MR) is 47.2 cm³/mol. The Morgan fingerprint density at radius 2 is 2.38 bits per heavy atom. The van der Waals surface area contributed by atoms with Crippen molar-refractivity contribution in [1.82, 2.24) is 4.98 Å². The Hall–Kier alpha value is -2.15. The van der Waals surface area contributed by atoms with Crippen molar-refractivity contribution >= 4 is 12.0 Å². The van der Waals surface area contributed by atoms with E-state index < -0.39 is 5.91 Å². The smallest absolute Gasteiger partial charge is 0.241 e. The summed E-state index contributed by atoms with van der Waals surface area (Å²) < 4.78 is 0. The van der Waals surface area contributed by atoms with E-state index in [4.69, 9.17) is 11.0 Å². The normalized spacial score (nSPS) is 9.77. The van der Waals surface area contributed by atoms with Crippen molar-refractivity contribution in [2.75, 3.05) is 0 Å². The monoisotopic (exact) mass is 173 g/mol. The molecule has 1 rings (SSSR count). The second-order valence-corrected chi connectivity index (χ2v) is 2.32. The van der Waals surface area contributed by atoms with Gasteiger partial charge in [0.2, 0.25) is 5.91 Å². The highest BCUT2D eigenvalue weighted by molar-refractivity contribution is 5.90. The van der Waals surface area contributed by atoms with Crippen LogP contribution in [0.2, 0.25) is 0 Å². The Bertz CT molecular complexity index is 373. The van der Waals surface area contributed by atoms with Gasteiger partial charge >= 0.3 is 0 Å². The van der Waals surface area contributed by atoms with Crippen molar-refractivity contribution in [3.8, 4) is 6.07 Å². The molecule has 0 radical (unpaired) electrons. The van der Waals surface area contributed by atoms with Crippen LogP contribution in [0.1, 0.15) is 11.3 Å². The van der Waals surface area contributed by atoms with Crippen LogP contribution in [-0.4, -0.2) is 10.9 Å². The van der Waals surface area contributed by atoms with Crippen molar-refractivity contribution in [2.24, 2.45) is 5.73 Å². The van der Waals surface area contributed by atoms with E-state index in [0.717, 1.165) is 5.56 Å². The van der Waals surface area contributed by atoms with Crippen LogP contribution in [0.15, 0.2) is 24.4 Å². The van der Waals surface area contributed by atoms with Gasteiger partial charge in [-0.1, -0.05) is 6.07 Å². The number of rotatable bonds is 2. The van der Waals surface area contributed by atoms with Crippen molar-refractivity contribution in [2.45, 2.75) is 0 Å². The second-order valence-electron chi connectivity index (χ2n) is 2.32. The quantitative estimate of drug-likeness (QED) is 0.659. The van der Waals surface area contributed by atoms with Gasteiger partial charge in [0.15, 0.2) is 0 Å². The number of carbonyl (C=O) groups excluding carboxylic acids is 1. The average molecular weight is 173 g/mol. The predicted octanol–water partition coefficient (Wildman–Crippen LogP) is 0.452. The highest BCUT2D eigenvalue weighted by Gasteiger charge is 1.91. The summed E-state index contributed by atoms with van der Waals surface area (Å²) in [6.45, 7) is 0. The maximum absolute atomic E-state index is 10.4. The Morgan fingerprint density at radius 3 is 2.85 bits per heavy atom. The van der Waals surface area contributed by atoms with Gasteiger partial charge in [0.25, 0.3) is 0 Å². The zero-order chi connectivity index (χ0) is 9.68. The first-order chi connectivity index (χ1) is 6.22. The van der Waals surface area contributed by atoms with Gasteiger partial charge in [0.05, 0.1) is 0 Å². The Balaban J connectivity index is 2.82. The summed E-state index contributed by atoms with van der Waals surface area (Å²) >= 11 is 0. The zero-order valence-electron chi connectivity index (χ0n) is 6.77. The summed E-state index contributed by atoms with van der Waals surface area (Å²) in [6.07, 6.45) is 4.28. The lowest BCUT2D eigenvalue weighted by Crippen LogP contribution is -2.05. The van der Waals surface area contributed by atoms with Crippen LogP contribution in [0, 0.1) is 11.3 Å². The van der Waals surface area contributed by atoms with E-state index in [1.807, 2.05) is 6.07 Å². The van der Waals surface area contributed by atoms with E-state index >= 15 is 0 Å². The third-order valence-corrected chi connectivity index (χ3v) is 1.34. The van der Waals surface area contributed by atoms with Crippen molar-refractivity contribution in [3.63, 3.8) is 0 Å². The molecule has 1 heterocycles. The van der Waals surface area contributed by atoms with Crippen LogP contribution in [0.3, 0.4) is 0 Å². The third-order valence-electron chi connectivity index (χ3n) is 1.34. The van der Waals surface area contributed by atoms with Crippen LogP contribution >= 0.6 is 0 Å². The van der Waals surface area contributed by atoms with Gasteiger partial charge in [0, 0.05) is 12.3 Å². The summed E-state index contributed by atoms with van der Waals surface area (Å²) in [6, 6.07) is 5.15. The van der Waals surface area contributed by atoms with E-state index in [1.54, 1.807) is 12.1 Å². The van der Waals surface area contributed by atoms with Crippen molar-refractivity contribution in [1.29, 1.82) is 5.26 Å². The molecule has 0 unspecified atom stereocenters. The summed E-state index contributed by atoms with van der Waals surface area (Å²) in [7, 11) is 0. The number of hydrogen-bond acceptors (Lipinski definition) is 3. The number of nitriles is 1. The lowest BCUT2D eigenvalue weighted by atomic mass is 10.2. The van der Waals surface area contributed by atoms with E-state index in [9.17, 15) is 4.79 Å². The first-order valence-corrected chi connectivity index (χ1v) is 3.56. The van der Waals surface area contributed by atoms with Crippen molar-refractivity contribution in [3.05, 3.63) is 35.7 Å². The molecule has 0 fully saturated rings. The van der Waals surface area contributed by atoms with Gasteiger partial charge in [0.1, 0.15) is 11.8 Å². The molecule has 0 bridgehead atoms. The average Bonchev–Trinajstić information content (AvgIpc) is 2.15. The fourth-order valence-electron chi connectivity index (χ4n) is 0.748. The lowest BCUT2D eigenvalue weighted by Gasteiger charge is -1.90. The zero-order valence-corrected chi connectivity index (χ0v) is 6.77. The summed E-state index contributed by atoms with van der Waals surface area (Å²) in [5.74, 6) is -0.510. The molecule has 1 amide bonds. The molecular formula is C9H7N3O. The highest BCUT2D eigenvalue weighted by Crippen LogP contribution is 2.01. The third kappa shape index (κ3) is 2.75. The maximum Gasteiger partial charge on any atom is 0.241 e. The van der Waals surface area contributed by atoms with Gasteiger partial charge in [-0.25, -0.2) is 4.98 Å². The van der Waals surface area contributed by atoms with Crippen LogP contribution in [-0.2, 0) is 4.79 Å². The van der Waals surface area contributed by atoms with Crippen LogP contribution in [0.25, 0.3) is 6.08 Å². The largest absolute Gasteiger partial charge is 0.366 e. The SMILES string of the molecule is N#Cc1ccc(C=CC(N)=O)cn1. The minimum atomic E-state index is -0.510. The number of carbonyl (C=O) groups is 1. The van der Waals surface area contributed by atoms with Gasteiger partial charge in [-0.05, 0) is 17.7 Å². The van der Waals surface area contributed by atoms with E-state index in [-0.39, 0.29) is 0 Å². The Kier molecular flexibility index (Phi) is 2.77. The molecule has 4 nitrogen and oxygen atoms in total. The molecule has 0 saturated heterocycles. The highest BCUT2D eigenvalue weighted by atomic mass is 16.1. The first-order valence-electron chi connectivity index (χ1n) is 3.56. The summed E-state index contributed by atoms with van der Waals surface area (Å²) in [4.78, 5) is 14.2. The molecule has 1 aromatic rings. The van der Waals surface area contributed by atoms with Gasteiger partial charge < -0.3 is 5.73 Å². The lowest BCUT2D eigenvalue weighted by molar-refractivity contribution is -0.113. The molecule has 0 aliphatic heterocycles. The fourth-order valence-corrected chi connectivity index (χ4v) is 0.748. The van der Waals surface area contributed by atoms with Crippen LogP contribution in [0.4, 0.5) is 0 Å². The molecule has 0 aromatic carbocycles. The second kappa shape index (κ2) is 4.02. The van der Waals surface area contributed by atoms with Gasteiger partial charge in [-0.3, -0.25) is 4.79 Å². The van der Waals surface area contributed by atoms with Gasteiger partial charge in [-0.15, -0.1) is 0 Å². The Morgan fingerprint density at radius 1 is 1.62 bits per heavy atom. The Labute approximate surface area is 75.3 Å². The molecular weight excluding hydrogens is 166 g/mol. The molecule has 4 heteroatoms. The molecule has 0 saturated carbocycles. The molecule has 0 aliphatic carbocycles. The van der Waals surface area contributed by atoms with E-state index in [1.165, 1.54) is 18.3 Å². The molecule has 2 N–H and O–H groups in total. The molecule has 1 aromatic heterocycles. The number of nitrogens with two attached hydrogens (primary N) is 1. The number of primary amides is 1. The van der Waals surface area contributed by atoms with Crippen LogP contribution < -0.4 is 5.73 Å². The molecule has 64 valence electrons. The number of nitrogens with zero attached hydrogens (tertiary/aromatic N) is 2. The molecule has 13 heavy (non-hydrogen) atoms. The number of amides is 1. The van der Waals surface area contributed by atoms with E-state index in [0.29, 0.717) is 5.69 Å². The van der Waals surface area contributed by atoms with Crippen molar-refractivity contribution < 1.29 is 4.79 Å². The number of pyridine rings is 1. The topological polar surface area (TPSA) is 79.8 Å². The van der Waals surface area contributed by atoms with Crippen LogP contribution in [0.5, 0.6) is 0 Å². The molecule has 0 aliphatic rings. The minimum Gasteiger partial charge on any atom is -0.366 e. The maximum atomic E-state index is 10.4. The van der Waals surface area contributed by atoms with Gasteiger partial charge in [-0.2, -0.15) is 5.26 Å². The first kappa shape index (κ1) is 8.94. The standard InChI is InChI=1S/C9H7N3O/c10-5-8-3-1-7(6-12-8)2-4-9(11)13/h1-4,6H,(H2,11,13). The molecule has 0 spiro atoms. The number of aromatic nitrogens is 1. The minimum absolute atomic E-state index is 0.344. The summed E-state index contributed by atoms with van der Waals surface area (Å²) in [5.41, 5.74) is 5.98.